The van der Waals surface area contributed by atoms with Crippen LogP contribution in [0.25, 0.3) is 0 Å². The van der Waals surface area contributed by atoms with Gasteiger partial charge in [-0.3, -0.25) is 15.2 Å². The third kappa shape index (κ3) is 10.9. The molecule has 0 radical (unpaired) electrons. The summed E-state index contributed by atoms with van der Waals surface area (Å²) in [6.45, 7) is 9.47. The summed E-state index contributed by atoms with van der Waals surface area (Å²) in [4.78, 5) is 41.7. The Morgan fingerprint density at radius 1 is 0.985 bits per heavy atom. The Morgan fingerprint density at radius 2 is 1.66 bits per heavy atom. The van der Waals surface area contributed by atoms with Crippen LogP contribution >= 0.6 is 0 Å². The van der Waals surface area contributed by atoms with Gasteiger partial charge in [0, 0.05) is 24.0 Å². The molecule has 7 N–H and O–H groups in total. The van der Waals surface area contributed by atoms with Gasteiger partial charge in [-0.05, 0) is 152 Å². The minimum absolute atomic E-state index is 0.0425. The van der Waals surface area contributed by atoms with E-state index in [1.54, 1.807) is 12.1 Å². The number of allylic oxidation sites excluding steroid dienone is 4. The van der Waals surface area contributed by atoms with E-state index in [0.29, 0.717) is 54.3 Å². The summed E-state index contributed by atoms with van der Waals surface area (Å²) >= 11 is 0. The van der Waals surface area contributed by atoms with Gasteiger partial charge in [-0.15, -0.1) is 0 Å². The number of carbonyl (C=O) groups is 2. The van der Waals surface area contributed by atoms with E-state index in [4.69, 9.17) is 19.9 Å². The summed E-state index contributed by atoms with van der Waals surface area (Å²) in [5.74, 6) is 1.59. The second-order valence-electron chi connectivity index (χ2n) is 19.7. The average molecular weight is 922 g/mol. The molecule has 4 aliphatic carbocycles. The molecule has 8 rings (SSSR count). The molecule has 5 aliphatic rings. The zero-order valence-electron chi connectivity index (χ0n) is 38.5. The molecule has 0 bridgehead atoms. The number of aliphatic hydroxyl groups excluding tert-OH is 3. The fraction of sp³-hybridized carbons (Fsp3) is 0.500. The molecule has 7 unspecified atom stereocenters. The lowest BCUT2D eigenvalue weighted by Gasteiger charge is -2.44. The first kappa shape index (κ1) is 47.9. The Labute approximate surface area is 390 Å². The molecule has 4 saturated carbocycles. The number of amides is 2. The first-order chi connectivity index (χ1) is 32.0. The lowest BCUT2D eigenvalue weighted by molar-refractivity contribution is -0.0617. The monoisotopic (exact) mass is 921 g/mol. The number of anilines is 3. The highest BCUT2D eigenvalue weighted by Crippen LogP contribution is 2.59. The molecule has 1 aliphatic heterocycles. The Kier molecular flexibility index (Phi) is 14.2. The highest BCUT2D eigenvalue weighted by Gasteiger charge is 2.56. The summed E-state index contributed by atoms with van der Waals surface area (Å²) in [6, 6.07) is 16.0. The van der Waals surface area contributed by atoms with Crippen LogP contribution in [-0.2, 0) is 20.6 Å². The minimum Gasteiger partial charge on any atom is -0.446 e. The van der Waals surface area contributed by atoms with Crippen molar-refractivity contribution >= 4 is 29.4 Å². The van der Waals surface area contributed by atoms with Gasteiger partial charge in [0.1, 0.15) is 30.7 Å². The normalized spacial score (nSPS) is 31.7. The van der Waals surface area contributed by atoms with Crippen molar-refractivity contribution in [2.45, 2.75) is 127 Å². The average Bonchev–Trinajstić information content (AvgIpc) is 4.03. The van der Waals surface area contributed by atoms with Crippen LogP contribution in [0.3, 0.4) is 0 Å². The van der Waals surface area contributed by atoms with Crippen molar-refractivity contribution in [1.29, 1.82) is 0 Å². The van der Waals surface area contributed by atoms with Crippen LogP contribution in [0.1, 0.15) is 95.9 Å². The van der Waals surface area contributed by atoms with Crippen molar-refractivity contribution in [2.75, 3.05) is 23.0 Å². The molecule has 1 saturated heterocycles. The molecule has 11 atom stereocenters. The zero-order chi connectivity index (χ0) is 47.6. The first-order valence-electron chi connectivity index (χ1n) is 23.6. The fourth-order valence-electron chi connectivity index (χ4n) is 10.9. The molecule has 3 aromatic rings. The van der Waals surface area contributed by atoms with Gasteiger partial charge in [0.15, 0.2) is 11.9 Å². The minimum atomic E-state index is -2.38. The second-order valence-corrected chi connectivity index (χ2v) is 19.7. The Balaban J connectivity index is 0.788. The molecular formula is C52H64FN5O9. The van der Waals surface area contributed by atoms with Crippen LogP contribution in [0.5, 0.6) is 0 Å². The number of ether oxygens (including phenoxy) is 3. The van der Waals surface area contributed by atoms with Crippen LogP contribution < -0.4 is 22.1 Å². The molecule has 5 fully saturated rings. The smallest absolute Gasteiger partial charge is 0.412 e. The predicted molar refractivity (Wildman–Crippen MR) is 253 cm³/mol. The van der Waals surface area contributed by atoms with Gasteiger partial charge < -0.3 is 35.3 Å². The Morgan fingerprint density at radius 3 is 2.31 bits per heavy atom. The number of hydrogen-bond acceptors (Lipinski definition) is 11. The summed E-state index contributed by atoms with van der Waals surface area (Å²) < 4.78 is 33.2. The highest BCUT2D eigenvalue weighted by molar-refractivity contribution is 5.85. The SMILES string of the molecule is C=C1/C(=C\C=C2/CCC[C@@]3(C)C2CCC3[C@@H](C)/C=C/C(OC(=O)Nc2ccc(Cc3ccc(NC(=O)OCC4OC(n5ccc(N)nc5=O)C(C)(F)C4O)cc3)cc2)C2CC2)C[C@@H](O)C[C@@H]1O. The third-order valence-corrected chi connectivity index (χ3v) is 14.9. The molecule has 14 nitrogen and oxygen atoms in total. The number of carbonyl (C=O) groups excluding carboxylic acids is 2. The van der Waals surface area contributed by atoms with Crippen molar-refractivity contribution in [1.82, 2.24) is 9.55 Å². The zero-order valence-corrected chi connectivity index (χ0v) is 38.5. The Hall–Kier alpha value is -5.61. The van der Waals surface area contributed by atoms with Crippen LogP contribution in [-0.4, -0.2) is 79.9 Å². The number of halogens is 1. The maximum atomic E-state index is 15.5. The number of nitrogens with zero attached hydrogens (tertiary/aromatic N) is 2. The fourth-order valence-corrected chi connectivity index (χ4v) is 10.9. The molecule has 1 aromatic heterocycles. The number of aromatic nitrogens is 2. The van der Waals surface area contributed by atoms with Gasteiger partial charge in [0.2, 0.25) is 0 Å². The largest absolute Gasteiger partial charge is 0.446 e. The number of fused-ring (bicyclic) bond motifs is 1. The van der Waals surface area contributed by atoms with Gasteiger partial charge in [-0.25, -0.2) is 18.8 Å². The van der Waals surface area contributed by atoms with Crippen molar-refractivity contribution < 1.29 is 43.5 Å². The van der Waals surface area contributed by atoms with Gasteiger partial charge in [-0.2, -0.15) is 4.98 Å². The maximum absolute atomic E-state index is 15.5. The summed E-state index contributed by atoms with van der Waals surface area (Å²) in [6.07, 6.45) is 11.9. The summed E-state index contributed by atoms with van der Waals surface area (Å²) in [5, 5.41) is 36.7. The molecule has 358 valence electrons. The van der Waals surface area contributed by atoms with Gasteiger partial charge in [0.05, 0.1) is 12.2 Å². The molecule has 2 amide bonds. The number of alkyl halides is 1. The van der Waals surface area contributed by atoms with Crippen LogP contribution in [0.4, 0.5) is 31.2 Å². The number of nitrogens with two attached hydrogens (primary N) is 1. The number of hydrogen-bond donors (Lipinski definition) is 6. The van der Waals surface area contributed by atoms with E-state index in [-0.39, 0.29) is 17.3 Å². The van der Waals surface area contributed by atoms with E-state index in [0.717, 1.165) is 72.3 Å². The third-order valence-electron chi connectivity index (χ3n) is 14.9. The number of nitrogens with one attached hydrogen (secondary N) is 2. The molecule has 2 heterocycles. The number of rotatable bonds is 13. The number of aliphatic hydroxyl groups is 3. The van der Waals surface area contributed by atoms with Gasteiger partial charge in [0.25, 0.3) is 0 Å². The van der Waals surface area contributed by atoms with Crippen molar-refractivity contribution in [3.8, 4) is 0 Å². The summed E-state index contributed by atoms with van der Waals surface area (Å²) in [5.41, 5.74) is 8.66. The lowest BCUT2D eigenvalue weighted by atomic mass is 9.61. The van der Waals surface area contributed by atoms with E-state index in [9.17, 15) is 29.7 Å². The molecular weight excluding hydrogens is 858 g/mol. The standard InChI is InChI=1S/C52H64FN5O9/c1-30(40-20-21-41-34(6-5-24-51(40,41)3)12-15-36-27-39(59)28-42(60)31(36)2)7-22-43(35-13-14-35)67-50(64)56-38-18-10-33(11-19-38)26-32-8-16-37(17-9-32)55-49(63)65-29-44-46(61)52(4,53)47(66-44)58-25-23-45(54)57-48(58)62/h7-12,15-19,22-23,25,30,35,39-44,46-47,59-61H,2,5-6,13-14,20-21,24,26-29H2,1,3-4H3,(H,55,63)(H,56,64)(H2,54,57,62)/b22-7+,34-12+,36-15-/t30-,39+,40?,41?,42-,43?,44?,46?,47?,51+,52?/m0/s1. The number of nitrogen functional groups attached to an aromatic ring is 1. The van der Waals surface area contributed by atoms with E-state index >= 15 is 4.39 Å². The molecule has 2 aromatic carbocycles. The second kappa shape index (κ2) is 19.9. The number of benzene rings is 2. The maximum Gasteiger partial charge on any atom is 0.412 e. The van der Waals surface area contributed by atoms with Crippen LogP contribution in [0, 0.1) is 29.1 Å². The molecule has 67 heavy (non-hydrogen) atoms. The van der Waals surface area contributed by atoms with Crippen LogP contribution in [0.2, 0.25) is 0 Å². The quantitative estimate of drug-likeness (QED) is 0.0899. The van der Waals surface area contributed by atoms with E-state index < -0.39 is 60.8 Å². The van der Waals surface area contributed by atoms with Crippen molar-refractivity contribution in [2.24, 2.45) is 29.1 Å². The first-order valence-corrected chi connectivity index (χ1v) is 23.6. The van der Waals surface area contributed by atoms with Gasteiger partial charge >= 0.3 is 17.9 Å². The van der Waals surface area contributed by atoms with Crippen molar-refractivity contribution in [3.05, 3.63) is 130 Å². The highest BCUT2D eigenvalue weighted by atomic mass is 19.1. The van der Waals surface area contributed by atoms with E-state index in [1.165, 1.54) is 24.3 Å². The Bertz CT molecular complexity index is 2450. The van der Waals surface area contributed by atoms with Crippen molar-refractivity contribution in [3.63, 3.8) is 0 Å². The lowest BCUT2D eigenvalue weighted by Crippen LogP contribution is -2.43. The molecule has 15 heteroatoms. The topological polar surface area (TPSA) is 207 Å². The van der Waals surface area contributed by atoms with E-state index in [2.05, 4.69) is 60.3 Å². The molecule has 0 spiro atoms. The van der Waals surface area contributed by atoms with Gasteiger partial charge in [-0.1, -0.05) is 68.5 Å². The van der Waals surface area contributed by atoms with E-state index in [1.807, 2.05) is 36.4 Å². The summed E-state index contributed by atoms with van der Waals surface area (Å²) in [7, 11) is 0. The van der Waals surface area contributed by atoms with Crippen LogP contribution in [0.15, 0.2) is 113 Å². The predicted octanol–water partition coefficient (Wildman–Crippen LogP) is 8.31.